The first-order valence-corrected chi connectivity index (χ1v) is 9.54. The minimum absolute atomic E-state index is 0.00186. The van der Waals surface area contributed by atoms with Crippen molar-refractivity contribution in [3.8, 4) is 0 Å². The third kappa shape index (κ3) is 3.54. The van der Waals surface area contributed by atoms with Gasteiger partial charge in [0.2, 0.25) is 0 Å². The first-order chi connectivity index (χ1) is 12.3. The molecule has 3 rings (SSSR count). The SMILES string of the molecule is CC(=O)c1cc2sc(N(C)C(=O)Nc3nc(C(C)C)cs3)cc2oc1=O. The molecule has 0 spiro atoms. The Hall–Kier alpha value is -2.52. The van der Waals surface area contributed by atoms with Crippen LogP contribution in [0.5, 0.6) is 0 Å². The Morgan fingerprint density at radius 1 is 1.31 bits per heavy atom. The van der Waals surface area contributed by atoms with Crippen molar-refractivity contribution >= 4 is 54.9 Å². The summed E-state index contributed by atoms with van der Waals surface area (Å²) < 4.78 is 5.80. The molecule has 7 nitrogen and oxygen atoms in total. The first kappa shape index (κ1) is 18.3. The number of aromatic nitrogens is 1. The van der Waals surface area contributed by atoms with Crippen LogP contribution in [0.25, 0.3) is 10.3 Å². The number of hydrogen-bond donors (Lipinski definition) is 1. The summed E-state index contributed by atoms with van der Waals surface area (Å²) in [6, 6.07) is 2.75. The molecule has 3 heterocycles. The van der Waals surface area contributed by atoms with Crippen LogP contribution in [0.1, 0.15) is 42.7 Å². The number of fused-ring (bicyclic) bond motifs is 1. The van der Waals surface area contributed by atoms with Gasteiger partial charge >= 0.3 is 11.7 Å². The van der Waals surface area contributed by atoms with Crippen LogP contribution in [0.15, 0.2) is 26.7 Å². The quantitative estimate of drug-likeness (QED) is 0.669. The van der Waals surface area contributed by atoms with Crippen molar-refractivity contribution in [1.29, 1.82) is 0 Å². The van der Waals surface area contributed by atoms with E-state index in [4.69, 9.17) is 4.42 Å². The fourth-order valence-corrected chi connectivity index (χ4v) is 4.05. The Kier molecular flexibility index (Phi) is 4.92. The largest absolute Gasteiger partial charge is 0.421 e. The maximum Gasteiger partial charge on any atom is 0.347 e. The number of carbonyl (C=O) groups excluding carboxylic acids is 2. The molecule has 0 bridgehead atoms. The van der Waals surface area contributed by atoms with Gasteiger partial charge in [-0.1, -0.05) is 13.8 Å². The smallest absolute Gasteiger partial charge is 0.347 e. The van der Waals surface area contributed by atoms with Crippen LogP contribution >= 0.6 is 22.7 Å². The van der Waals surface area contributed by atoms with Crippen molar-refractivity contribution < 1.29 is 14.0 Å². The van der Waals surface area contributed by atoms with Gasteiger partial charge < -0.3 is 4.42 Å². The van der Waals surface area contributed by atoms with Gasteiger partial charge in [-0.15, -0.1) is 22.7 Å². The van der Waals surface area contributed by atoms with Crippen molar-refractivity contribution in [1.82, 2.24) is 4.98 Å². The van der Waals surface area contributed by atoms with E-state index >= 15 is 0 Å². The highest BCUT2D eigenvalue weighted by Crippen LogP contribution is 2.32. The molecule has 0 saturated carbocycles. The summed E-state index contributed by atoms with van der Waals surface area (Å²) in [5, 5.41) is 5.78. The molecule has 0 aliphatic carbocycles. The fraction of sp³-hybridized carbons (Fsp3) is 0.294. The highest BCUT2D eigenvalue weighted by atomic mass is 32.1. The first-order valence-electron chi connectivity index (χ1n) is 7.85. The van der Waals surface area contributed by atoms with Gasteiger partial charge in [0.25, 0.3) is 0 Å². The third-order valence-corrected chi connectivity index (χ3v) is 5.67. The summed E-state index contributed by atoms with van der Waals surface area (Å²) in [6.07, 6.45) is 0. The van der Waals surface area contributed by atoms with Crippen LogP contribution in [0.4, 0.5) is 14.9 Å². The van der Waals surface area contributed by atoms with Crippen LogP contribution in [-0.2, 0) is 0 Å². The second-order valence-corrected chi connectivity index (χ2v) is 7.96. The van der Waals surface area contributed by atoms with E-state index in [2.05, 4.69) is 10.3 Å². The summed E-state index contributed by atoms with van der Waals surface area (Å²) in [6.45, 7) is 5.38. The summed E-state index contributed by atoms with van der Waals surface area (Å²) in [5.74, 6) is -0.0676. The van der Waals surface area contributed by atoms with E-state index in [0.29, 0.717) is 20.4 Å². The molecule has 0 fully saturated rings. The number of hydrogen-bond acceptors (Lipinski definition) is 7. The molecule has 26 heavy (non-hydrogen) atoms. The summed E-state index contributed by atoms with van der Waals surface area (Å²) in [5.41, 5.74) is 0.594. The van der Waals surface area contributed by atoms with Crippen molar-refractivity contribution in [2.45, 2.75) is 26.7 Å². The number of rotatable bonds is 4. The van der Waals surface area contributed by atoms with E-state index in [1.165, 1.54) is 40.6 Å². The number of thiazole rings is 1. The Morgan fingerprint density at radius 3 is 2.65 bits per heavy atom. The standard InChI is InChI=1S/C17H17N3O4S2/c1-8(2)11-7-25-16(18-11)19-17(23)20(4)14-6-12-13(26-14)5-10(9(3)21)15(22)24-12/h5-8H,1-4H3,(H,18,19,23). The number of nitrogens with one attached hydrogen (secondary N) is 1. The third-order valence-electron chi connectivity index (χ3n) is 3.75. The van der Waals surface area contributed by atoms with Gasteiger partial charge in [-0.25, -0.2) is 14.6 Å². The lowest BCUT2D eigenvalue weighted by Gasteiger charge is -2.14. The molecule has 9 heteroatoms. The molecule has 0 aliphatic rings. The Balaban J connectivity index is 1.84. The van der Waals surface area contributed by atoms with Gasteiger partial charge in [0.05, 0.1) is 10.4 Å². The Labute approximate surface area is 157 Å². The molecule has 3 aromatic rings. The average molecular weight is 391 g/mol. The topological polar surface area (TPSA) is 92.5 Å². The molecule has 0 saturated heterocycles. The number of nitrogens with zero attached hydrogens (tertiary/aromatic N) is 2. The lowest BCUT2D eigenvalue weighted by Crippen LogP contribution is -2.30. The van der Waals surface area contributed by atoms with E-state index in [0.717, 1.165) is 5.69 Å². The van der Waals surface area contributed by atoms with E-state index in [-0.39, 0.29) is 23.3 Å². The second kappa shape index (κ2) is 7.00. The minimum atomic E-state index is -0.676. The average Bonchev–Trinajstić information content (AvgIpc) is 3.19. The van der Waals surface area contributed by atoms with Crippen molar-refractivity contribution in [2.75, 3.05) is 17.3 Å². The number of Topliss-reactive ketones (excluding diaryl/α,β-unsaturated/α-hetero) is 1. The highest BCUT2D eigenvalue weighted by molar-refractivity contribution is 7.22. The molecule has 2 amide bonds. The van der Waals surface area contributed by atoms with Gasteiger partial charge in [-0.05, 0) is 18.9 Å². The summed E-state index contributed by atoms with van der Waals surface area (Å²) in [4.78, 5) is 41.5. The highest BCUT2D eigenvalue weighted by Gasteiger charge is 2.18. The maximum absolute atomic E-state index is 12.5. The zero-order valence-corrected chi connectivity index (χ0v) is 16.3. The molecule has 0 radical (unpaired) electrons. The molecule has 0 aliphatic heterocycles. The predicted molar refractivity (Wildman–Crippen MR) is 104 cm³/mol. The molecule has 1 N–H and O–H groups in total. The molecule has 136 valence electrons. The Bertz CT molecular complexity index is 1050. The number of amides is 2. The van der Waals surface area contributed by atoms with Gasteiger partial charge in [0.1, 0.15) is 10.6 Å². The van der Waals surface area contributed by atoms with Gasteiger partial charge in [0.15, 0.2) is 16.5 Å². The predicted octanol–water partition coefficient (Wildman–Crippen LogP) is 4.31. The van der Waals surface area contributed by atoms with Crippen molar-refractivity contribution in [3.63, 3.8) is 0 Å². The molecule has 0 atom stereocenters. The van der Waals surface area contributed by atoms with Crippen LogP contribution < -0.4 is 15.8 Å². The molecule has 0 aromatic carbocycles. The van der Waals surface area contributed by atoms with E-state index < -0.39 is 5.63 Å². The van der Waals surface area contributed by atoms with E-state index in [1.807, 2.05) is 19.2 Å². The van der Waals surface area contributed by atoms with Crippen LogP contribution in [0.3, 0.4) is 0 Å². The molecular formula is C17H17N3O4S2. The van der Waals surface area contributed by atoms with Crippen LogP contribution in [0, 0.1) is 0 Å². The zero-order valence-electron chi connectivity index (χ0n) is 14.7. The fourth-order valence-electron chi connectivity index (χ4n) is 2.20. The second-order valence-electron chi connectivity index (χ2n) is 6.04. The number of ketones is 1. The van der Waals surface area contributed by atoms with Gasteiger partial charge in [-0.2, -0.15) is 0 Å². The summed E-state index contributed by atoms with van der Waals surface area (Å²) in [7, 11) is 1.61. The normalized spacial score (nSPS) is 11.1. The van der Waals surface area contributed by atoms with Crippen molar-refractivity contribution in [3.05, 3.63) is 39.2 Å². The number of anilines is 2. The number of carbonyl (C=O) groups is 2. The van der Waals surface area contributed by atoms with Crippen LogP contribution in [0.2, 0.25) is 0 Å². The lowest BCUT2D eigenvalue weighted by molar-refractivity contribution is 0.101. The van der Waals surface area contributed by atoms with E-state index in [1.54, 1.807) is 13.1 Å². The monoisotopic (exact) mass is 391 g/mol. The van der Waals surface area contributed by atoms with Crippen molar-refractivity contribution in [2.24, 2.45) is 0 Å². The Morgan fingerprint density at radius 2 is 2.04 bits per heavy atom. The van der Waals surface area contributed by atoms with Gasteiger partial charge in [0, 0.05) is 18.5 Å². The number of urea groups is 1. The lowest BCUT2D eigenvalue weighted by atomic mass is 10.2. The maximum atomic E-state index is 12.5. The van der Waals surface area contributed by atoms with Gasteiger partial charge in [-0.3, -0.25) is 15.0 Å². The molecule has 0 unspecified atom stereocenters. The number of thiophene rings is 1. The van der Waals surface area contributed by atoms with E-state index in [9.17, 15) is 14.4 Å². The van der Waals surface area contributed by atoms with Crippen LogP contribution in [-0.4, -0.2) is 23.8 Å². The minimum Gasteiger partial charge on any atom is -0.421 e. The molecule has 3 aromatic heterocycles. The summed E-state index contributed by atoms with van der Waals surface area (Å²) >= 11 is 2.63. The molecular weight excluding hydrogens is 374 g/mol. The zero-order chi connectivity index (χ0) is 19.0.